The van der Waals surface area contributed by atoms with Crippen molar-refractivity contribution in [3.8, 4) is 17.4 Å². The monoisotopic (exact) mass is 411 g/mol. The third-order valence-electron chi connectivity index (χ3n) is 3.35. The number of anilines is 1. The first kappa shape index (κ1) is 19.3. The van der Waals surface area contributed by atoms with Gasteiger partial charge in [0.25, 0.3) is 17.2 Å². The Morgan fingerprint density at radius 2 is 2.04 bits per heavy atom. The molecule has 3 rings (SSSR count). The van der Waals surface area contributed by atoms with Crippen LogP contribution in [0.1, 0.15) is 5.69 Å². The van der Waals surface area contributed by atoms with Gasteiger partial charge in [0.05, 0.1) is 12.2 Å². The Hall–Kier alpha value is -3.47. The number of aromatic nitrogens is 4. The van der Waals surface area contributed by atoms with Crippen LogP contribution in [-0.2, 0) is 6.54 Å². The quantitative estimate of drug-likeness (QED) is 0.594. The lowest BCUT2D eigenvalue weighted by molar-refractivity contribution is -0.0544. The van der Waals surface area contributed by atoms with Gasteiger partial charge in [0.1, 0.15) is 12.1 Å². The number of H-pyrrole nitrogens is 1. The number of rotatable bonds is 6. The summed E-state index contributed by atoms with van der Waals surface area (Å²) in [5.74, 6) is -1.26. The summed E-state index contributed by atoms with van der Waals surface area (Å²) in [6, 6.07) is 6.74. The highest BCUT2D eigenvalue weighted by atomic mass is 35.5. The normalized spacial score (nSPS) is 10.9. The van der Waals surface area contributed by atoms with Crippen molar-refractivity contribution >= 4 is 17.3 Å². The Labute approximate surface area is 160 Å². The molecule has 0 saturated carbocycles. The number of benzene rings is 1. The number of halogens is 3. The average Bonchev–Trinajstić information content (AvgIpc) is 2.61. The fourth-order valence-electron chi connectivity index (χ4n) is 2.22. The molecule has 2 aromatic heterocycles. The van der Waals surface area contributed by atoms with Crippen molar-refractivity contribution in [2.24, 2.45) is 0 Å². The fourth-order valence-corrected chi connectivity index (χ4v) is 2.45. The van der Waals surface area contributed by atoms with Gasteiger partial charge in [-0.05, 0) is 18.2 Å². The van der Waals surface area contributed by atoms with Crippen LogP contribution in [0.2, 0.25) is 5.02 Å². The van der Waals surface area contributed by atoms with E-state index >= 15 is 0 Å². The van der Waals surface area contributed by atoms with Crippen molar-refractivity contribution in [2.45, 2.75) is 13.2 Å². The van der Waals surface area contributed by atoms with Gasteiger partial charge in [-0.25, -0.2) is 5.10 Å². The first-order valence-corrected chi connectivity index (χ1v) is 8.02. The molecule has 9 nitrogen and oxygen atoms in total. The topological polar surface area (TPSA) is 125 Å². The predicted octanol–water partition coefficient (Wildman–Crippen LogP) is 2.00. The molecule has 0 aliphatic carbocycles. The summed E-state index contributed by atoms with van der Waals surface area (Å²) in [7, 11) is 0. The van der Waals surface area contributed by atoms with Crippen LogP contribution in [0.5, 0.6) is 17.4 Å². The Kier molecular flexibility index (Phi) is 5.54. The van der Waals surface area contributed by atoms with Crippen LogP contribution in [0.4, 0.5) is 14.5 Å². The maximum absolute atomic E-state index is 12.7. The van der Waals surface area contributed by atoms with Crippen LogP contribution < -0.4 is 26.3 Å². The third kappa shape index (κ3) is 4.62. The molecular formula is C16H12ClF2N5O4. The van der Waals surface area contributed by atoms with Crippen LogP contribution in [0.3, 0.4) is 0 Å². The zero-order valence-corrected chi connectivity index (χ0v) is 14.7. The van der Waals surface area contributed by atoms with E-state index in [0.717, 1.165) is 10.9 Å². The minimum Gasteiger partial charge on any atom is -0.446 e. The van der Waals surface area contributed by atoms with Crippen molar-refractivity contribution in [3.63, 3.8) is 0 Å². The molecule has 3 N–H and O–H groups in total. The number of alkyl halides is 2. The zero-order chi connectivity index (χ0) is 20.3. The van der Waals surface area contributed by atoms with Gasteiger partial charge >= 0.3 is 12.2 Å². The van der Waals surface area contributed by atoms with Gasteiger partial charge in [0, 0.05) is 22.8 Å². The maximum atomic E-state index is 12.7. The zero-order valence-electron chi connectivity index (χ0n) is 13.9. The minimum atomic E-state index is -3.23. The predicted molar refractivity (Wildman–Crippen MR) is 95.0 cm³/mol. The second-order valence-corrected chi connectivity index (χ2v) is 5.86. The number of hydrogen-bond donors (Lipinski definition) is 2. The summed E-state index contributed by atoms with van der Waals surface area (Å²) in [6.07, 6.45) is 0.992. The van der Waals surface area contributed by atoms with E-state index in [1.165, 1.54) is 30.3 Å². The number of hydrogen-bond acceptors (Lipinski definition) is 7. The smallest absolute Gasteiger partial charge is 0.388 e. The molecule has 3 aromatic rings. The molecular weight excluding hydrogens is 400 g/mol. The highest BCUT2D eigenvalue weighted by Crippen LogP contribution is 2.30. The minimum absolute atomic E-state index is 0.0305. The van der Waals surface area contributed by atoms with E-state index in [1.54, 1.807) is 0 Å². The Morgan fingerprint density at radius 3 is 2.68 bits per heavy atom. The third-order valence-corrected chi connectivity index (χ3v) is 3.57. The number of ether oxygens (including phenoxy) is 2. The van der Waals surface area contributed by atoms with Crippen molar-refractivity contribution in [2.75, 3.05) is 5.73 Å². The number of nitrogens with two attached hydrogens (primary N) is 1. The SMILES string of the molecule is Nc1cc(Cl)cc(Oc2c(OC(F)F)ncn(Cc3ccc(=O)[nH]n3)c2=O)c1. The van der Waals surface area contributed by atoms with Gasteiger partial charge in [-0.3, -0.25) is 14.2 Å². The standard InChI is InChI=1S/C16H12ClF2N5O4/c17-8-3-9(20)5-11(4-8)27-13-14(28-16(18)19)21-7-24(15(13)26)6-10-1-2-12(25)23-22-10/h1-5,7,16H,6,20H2,(H,23,25). The van der Waals surface area contributed by atoms with Gasteiger partial charge in [-0.2, -0.15) is 18.9 Å². The summed E-state index contributed by atoms with van der Waals surface area (Å²) < 4.78 is 36.1. The van der Waals surface area contributed by atoms with E-state index in [4.69, 9.17) is 22.1 Å². The maximum Gasteiger partial charge on any atom is 0.388 e. The lowest BCUT2D eigenvalue weighted by Gasteiger charge is -2.13. The molecule has 0 spiro atoms. The van der Waals surface area contributed by atoms with Crippen LogP contribution in [0.15, 0.2) is 46.2 Å². The largest absolute Gasteiger partial charge is 0.446 e. The van der Waals surface area contributed by atoms with E-state index in [1.807, 2.05) is 0 Å². The molecule has 0 bridgehead atoms. The highest BCUT2D eigenvalue weighted by molar-refractivity contribution is 6.31. The van der Waals surface area contributed by atoms with Crippen molar-refractivity contribution in [1.29, 1.82) is 0 Å². The van der Waals surface area contributed by atoms with E-state index < -0.39 is 29.4 Å². The first-order valence-electron chi connectivity index (χ1n) is 7.64. The molecule has 0 unspecified atom stereocenters. The molecule has 0 aliphatic heterocycles. The summed E-state index contributed by atoms with van der Waals surface area (Å²) in [5, 5.41) is 6.21. The van der Waals surface area contributed by atoms with Crippen molar-refractivity contribution in [3.05, 3.63) is 68.1 Å². The van der Waals surface area contributed by atoms with Crippen molar-refractivity contribution in [1.82, 2.24) is 19.7 Å². The Morgan fingerprint density at radius 1 is 1.25 bits per heavy atom. The molecule has 2 heterocycles. The van der Waals surface area contributed by atoms with E-state index in [9.17, 15) is 18.4 Å². The fraction of sp³-hybridized carbons (Fsp3) is 0.125. The molecule has 28 heavy (non-hydrogen) atoms. The molecule has 0 fully saturated rings. The van der Waals surface area contributed by atoms with Gasteiger partial charge in [-0.15, -0.1) is 0 Å². The highest BCUT2D eigenvalue weighted by Gasteiger charge is 2.20. The number of nitrogen functional groups attached to an aromatic ring is 1. The first-order chi connectivity index (χ1) is 13.3. The average molecular weight is 412 g/mol. The lowest BCUT2D eigenvalue weighted by atomic mass is 10.3. The molecule has 0 aliphatic rings. The van der Waals surface area contributed by atoms with Gasteiger partial charge in [0.15, 0.2) is 0 Å². The summed E-state index contributed by atoms with van der Waals surface area (Å²) in [6.45, 7) is -3.33. The lowest BCUT2D eigenvalue weighted by Crippen LogP contribution is -2.24. The second kappa shape index (κ2) is 8.05. The van der Waals surface area contributed by atoms with Crippen molar-refractivity contribution < 1.29 is 18.3 Å². The summed E-state index contributed by atoms with van der Waals surface area (Å²) >= 11 is 5.88. The molecule has 0 radical (unpaired) electrons. The Bertz CT molecular complexity index is 1080. The van der Waals surface area contributed by atoms with Crippen LogP contribution in [0.25, 0.3) is 0 Å². The number of nitrogens with one attached hydrogen (secondary N) is 1. The molecule has 146 valence electrons. The van der Waals surface area contributed by atoms with E-state index in [-0.39, 0.29) is 23.0 Å². The Balaban J connectivity index is 2.02. The molecule has 1 aromatic carbocycles. The second-order valence-electron chi connectivity index (χ2n) is 5.43. The summed E-state index contributed by atoms with van der Waals surface area (Å²) in [4.78, 5) is 27.5. The summed E-state index contributed by atoms with van der Waals surface area (Å²) in [5.41, 5.74) is 4.98. The molecule has 0 amide bonds. The van der Waals surface area contributed by atoms with E-state index in [0.29, 0.717) is 5.69 Å². The number of nitrogens with zero attached hydrogens (tertiary/aromatic N) is 3. The molecule has 0 saturated heterocycles. The van der Waals surface area contributed by atoms with Gasteiger partial charge in [0.2, 0.25) is 0 Å². The van der Waals surface area contributed by atoms with Gasteiger partial charge < -0.3 is 15.2 Å². The van der Waals surface area contributed by atoms with Gasteiger partial charge in [-0.1, -0.05) is 11.6 Å². The van der Waals surface area contributed by atoms with Crippen LogP contribution >= 0.6 is 11.6 Å². The molecule has 0 atom stereocenters. The van der Waals surface area contributed by atoms with Crippen LogP contribution in [0, 0.1) is 0 Å². The van der Waals surface area contributed by atoms with Crippen LogP contribution in [-0.4, -0.2) is 26.4 Å². The number of aromatic amines is 1. The molecule has 12 heteroatoms. The van der Waals surface area contributed by atoms with E-state index in [2.05, 4.69) is 19.9 Å².